The molecular formula is C11H8ClF3O2. The van der Waals surface area contributed by atoms with Crippen LogP contribution < -0.4 is 0 Å². The van der Waals surface area contributed by atoms with E-state index in [1.54, 1.807) is 0 Å². The molecule has 0 radical (unpaired) electrons. The summed E-state index contributed by atoms with van der Waals surface area (Å²) in [6, 6.07) is 2.17. The summed E-state index contributed by atoms with van der Waals surface area (Å²) in [5.41, 5.74) is -1.93. The molecule has 1 aromatic rings. The van der Waals surface area contributed by atoms with Crippen LogP contribution in [0.3, 0.4) is 0 Å². The predicted octanol–water partition coefficient (Wildman–Crippen LogP) is 3.25. The molecule has 0 atom stereocenters. The summed E-state index contributed by atoms with van der Waals surface area (Å²) in [4.78, 5) is 22.0. The Bertz CT molecular complexity index is 467. The monoisotopic (exact) mass is 264 g/mol. The minimum Gasteiger partial charge on any atom is -0.298 e. The average Bonchev–Trinajstić information content (AvgIpc) is 2.24. The van der Waals surface area contributed by atoms with E-state index < -0.39 is 34.5 Å². The summed E-state index contributed by atoms with van der Waals surface area (Å²) in [5.74, 6) is -1.42. The van der Waals surface area contributed by atoms with E-state index in [0.29, 0.717) is 5.56 Å². The van der Waals surface area contributed by atoms with Crippen LogP contribution in [0.15, 0.2) is 12.1 Å². The molecule has 0 bridgehead atoms. The second-order valence-corrected chi connectivity index (χ2v) is 3.72. The van der Waals surface area contributed by atoms with Gasteiger partial charge in [0.05, 0.1) is 11.4 Å². The molecule has 0 saturated carbocycles. The lowest BCUT2D eigenvalue weighted by Gasteiger charge is -2.14. The largest absolute Gasteiger partial charge is 0.417 e. The van der Waals surface area contributed by atoms with Crippen LogP contribution >= 0.6 is 11.6 Å². The number of aryl methyl sites for hydroxylation is 1. The van der Waals surface area contributed by atoms with Crippen molar-refractivity contribution in [3.05, 3.63) is 34.4 Å². The Morgan fingerprint density at radius 3 is 2.41 bits per heavy atom. The zero-order chi connectivity index (χ0) is 13.2. The molecule has 0 N–H and O–H groups in total. The number of benzene rings is 1. The molecule has 0 aliphatic heterocycles. The summed E-state index contributed by atoms with van der Waals surface area (Å²) in [5, 5.41) is 0. The Balaban J connectivity index is 3.61. The molecule has 0 saturated heterocycles. The summed E-state index contributed by atoms with van der Waals surface area (Å²) >= 11 is 5.25. The highest BCUT2D eigenvalue weighted by atomic mass is 35.5. The Labute approximate surface area is 100 Å². The highest BCUT2D eigenvalue weighted by Crippen LogP contribution is 2.35. The second-order valence-electron chi connectivity index (χ2n) is 3.45. The molecule has 0 aliphatic carbocycles. The number of aldehydes is 1. The third-order valence-corrected chi connectivity index (χ3v) is 2.39. The predicted molar refractivity (Wildman–Crippen MR) is 56.6 cm³/mol. The second kappa shape index (κ2) is 4.87. The molecule has 1 aromatic carbocycles. The van der Waals surface area contributed by atoms with Crippen molar-refractivity contribution >= 4 is 23.7 Å². The van der Waals surface area contributed by atoms with Gasteiger partial charge in [-0.15, -0.1) is 11.6 Å². The van der Waals surface area contributed by atoms with Gasteiger partial charge in [-0.2, -0.15) is 13.2 Å². The lowest BCUT2D eigenvalue weighted by molar-refractivity contribution is -0.138. The molecular weight excluding hydrogens is 257 g/mol. The molecule has 2 nitrogen and oxygen atoms in total. The normalized spacial score (nSPS) is 11.4. The maximum absolute atomic E-state index is 12.8. The molecule has 0 aromatic heterocycles. The fourth-order valence-electron chi connectivity index (χ4n) is 1.52. The number of alkyl halides is 4. The average molecular weight is 265 g/mol. The van der Waals surface area contributed by atoms with E-state index in [1.165, 1.54) is 6.92 Å². The van der Waals surface area contributed by atoms with Crippen LogP contribution in [0.25, 0.3) is 0 Å². The Morgan fingerprint density at radius 1 is 1.41 bits per heavy atom. The molecule has 0 unspecified atom stereocenters. The smallest absolute Gasteiger partial charge is 0.298 e. The molecule has 0 fully saturated rings. The SMILES string of the molecule is Cc1cc(C=O)c(C(F)(F)F)c(C(=O)CCl)c1. The number of halogens is 4. The van der Waals surface area contributed by atoms with Gasteiger partial charge in [0.2, 0.25) is 0 Å². The van der Waals surface area contributed by atoms with Gasteiger partial charge in [0.1, 0.15) is 0 Å². The molecule has 0 aliphatic rings. The quantitative estimate of drug-likeness (QED) is 0.477. The van der Waals surface area contributed by atoms with Crippen molar-refractivity contribution in [3.63, 3.8) is 0 Å². The van der Waals surface area contributed by atoms with Crippen molar-refractivity contribution in [2.24, 2.45) is 0 Å². The van der Waals surface area contributed by atoms with Gasteiger partial charge in [0.25, 0.3) is 0 Å². The number of rotatable bonds is 3. The molecule has 0 spiro atoms. The van der Waals surface area contributed by atoms with Crippen LogP contribution in [0.5, 0.6) is 0 Å². The van der Waals surface area contributed by atoms with Gasteiger partial charge in [-0.1, -0.05) is 0 Å². The highest BCUT2D eigenvalue weighted by molar-refractivity contribution is 6.30. The van der Waals surface area contributed by atoms with Gasteiger partial charge in [-0.05, 0) is 24.6 Å². The fraction of sp³-hybridized carbons (Fsp3) is 0.273. The lowest BCUT2D eigenvalue weighted by atomic mass is 9.96. The van der Waals surface area contributed by atoms with Gasteiger partial charge in [0.15, 0.2) is 12.1 Å². The minimum absolute atomic E-state index is 0.0842. The van der Waals surface area contributed by atoms with E-state index in [9.17, 15) is 22.8 Å². The minimum atomic E-state index is -4.76. The molecule has 0 heterocycles. The maximum Gasteiger partial charge on any atom is 0.417 e. The van der Waals surface area contributed by atoms with Gasteiger partial charge < -0.3 is 0 Å². The van der Waals surface area contributed by atoms with Gasteiger partial charge in [-0.25, -0.2) is 0 Å². The van der Waals surface area contributed by atoms with E-state index in [0.717, 1.165) is 12.1 Å². The van der Waals surface area contributed by atoms with Crippen LogP contribution in [-0.2, 0) is 6.18 Å². The van der Waals surface area contributed by atoms with Crippen molar-refractivity contribution in [2.75, 3.05) is 5.88 Å². The van der Waals surface area contributed by atoms with Crippen LogP contribution in [0.1, 0.15) is 31.8 Å². The zero-order valence-electron chi connectivity index (χ0n) is 8.77. The molecule has 6 heteroatoms. The number of hydrogen-bond acceptors (Lipinski definition) is 2. The topological polar surface area (TPSA) is 34.1 Å². The molecule has 1 rings (SSSR count). The van der Waals surface area contributed by atoms with Crippen LogP contribution in [0, 0.1) is 6.92 Å². The van der Waals surface area contributed by atoms with Gasteiger partial charge in [-0.3, -0.25) is 9.59 Å². The Morgan fingerprint density at radius 2 is 2.00 bits per heavy atom. The molecule has 0 amide bonds. The maximum atomic E-state index is 12.8. The standard InChI is InChI=1S/C11H8ClF3O2/c1-6-2-7(5-16)10(11(13,14)15)8(3-6)9(17)4-12/h2-3,5H,4H2,1H3. The van der Waals surface area contributed by atoms with Crippen molar-refractivity contribution in [3.8, 4) is 0 Å². The lowest BCUT2D eigenvalue weighted by Crippen LogP contribution is -2.17. The summed E-state index contributed by atoms with van der Waals surface area (Å²) in [6.07, 6.45) is -4.68. The first kappa shape index (κ1) is 13.7. The first-order valence-corrected chi connectivity index (χ1v) is 5.11. The van der Waals surface area contributed by atoms with E-state index in [4.69, 9.17) is 11.6 Å². The first-order valence-electron chi connectivity index (χ1n) is 4.57. The Hall–Kier alpha value is -1.36. The number of hydrogen-bond donors (Lipinski definition) is 0. The van der Waals surface area contributed by atoms with Crippen LogP contribution in [0.4, 0.5) is 13.2 Å². The van der Waals surface area contributed by atoms with Crippen molar-refractivity contribution in [1.29, 1.82) is 0 Å². The van der Waals surface area contributed by atoms with Crippen LogP contribution in [0.2, 0.25) is 0 Å². The van der Waals surface area contributed by atoms with Gasteiger partial charge in [0, 0.05) is 11.1 Å². The third-order valence-electron chi connectivity index (χ3n) is 2.15. The zero-order valence-corrected chi connectivity index (χ0v) is 9.52. The summed E-state index contributed by atoms with van der Waals surface area (Å²) in [6.45, 7) is 1.50. The van der Waals surface area contributed by atoms with Crippen molar-refractivity contribution < 1.29 is 22.8 Å². The van der Waals surface area contributed by atoms with Crippen LogP contribution in [-0.4, -0.2) is 17.9 Å². The number of carbonyl (C=O) groups excluding carboxylic acids is 2. The molecule has 92 valence electrons. The van der Waals surface area contributed by atoms with E-state index in [1.807, 2.05) is 0 Å². The number of Topliss-reactive ketones (excluding diaryl/α,β-unsaturated/α-hetero) is 1. The first-order chi connectivity index (χ1) is 7.81. The summed E-state index contributed by atoms with van der Waals surface area (Å²) in [7, 11) is 0. The fourth-order valence-corrected chi connectivity index (χ4v) is 1.66. The number of ketones is 1. The van der Waals surface area contributed by atoms with Crippen molar-refractivity contribution in [2.45, 2.75) is 13.1 Å². The van der Waals surface area contributed by atoms with Gasteiger partial charge >= 0.3 is 6.18 Å². The number of carbonyl (C=O) groups is 2. The highest BCUT2D eigenvalue weighted by Gasteiger charge is 2.37. The summed E-state index contributed by atoms with van der Waals surface area (Å²) < 4.78 is 38.3. The molecule has 17 heavy (non-hydrogen) atoms. The third kappa shape index (κ3) is 2.85. The van der Waals surface area contributed by atoms with E-state index >= 15 is 0 Å². The van der Waals surface area contributed by atoms with Crippen molar-refractivity contribution in [1.82, 2.24) is 0 Å². The van der Waals surface area contributed by atoms with E-state index in [2.05, 4.69) is 0 Å². The Kier molecular flexibility index (Phi) is 3.93. The van der Waals surface area contributed by atoms with E-state index in [-0.39, 0.29) is 6.29 Å².